The van der Waals surface area contributed by atoms with Gasteiger partial charge in [-0.15, -0.1) is 11.3 Å². The first-order chi connectivity index (χ1) is 10.2. The second-order valence-corrected chi connectivity index (χ2v) is 5.86. The number of hydrogen-bond donors (Lipinski definition) is 1. The van der Waals surface area contributed by atoms with Crippen LogP contribution in [0.4, 0.5) is 5.13 Å². The predicted octanol–water partition coefficient (Wildman–Crippen LogP) is 2.80. The lowest BCUT2D eigenvalue weighted by Gasteiger charge is -2.02. The molecule has 5 nitrogen and oxygen atoms in total. The van der Waals surface area contributed by atoms with Crippen molar-refractivity contribution in [1.82, 2.24) is 14.5 Å². The lowest BCUT2D eigenvalue weighted by molar-refractivity contribution is 0.415. The average molecular weight is 302 g/mol. The second kappa shape index (κ2) is 5.73. The summed E-state index contributed by atoms with van der Waals surface area (Å²) in [6, 6.07) is 5.98. The van der Waals surface area contributed by atoms with Gasteiger partial charge in [0, 0.05) is 24.9 Å². The van der Waals surface area contributed by atoms with Crippen molar-refractivity contribution in [1.29, 1.82) is 0 Å². The molecule has 2 N–H and O–H groups in total. The van der Waals surface area contributed by atoms with Crippen molar-refractivity contribution in [3.8, 4) is 5.75 Å². The summed E-state index contributed by atoms with van der Waals surface area (Å²) in [5, 5.41) is 2.66. The number of nitrogen functional groups attached to an aromatic ring is 1. The average Bonchev–Trinajstić information content (AvgIpc) is 3.03. The summed E-state index contributed by atoms with van der Waals surface area (Å²) in [6.07, 6.45) is 2.86. The molecule has 0 fully saturated rings. The van der Waals surface area contributed by atoms with E-state index in [0.717, 1.165) is 47.6 Å². The minimum atomic E-state index is 0.639. The van der Waals surface area contributed by atoms with Crippen LogP contribution in [0.25, 0.3) is 11.0 Å². The summed E-state index contributed by atoms with van der Waals surface area (Å²) in [7, 11) is 3.72. The van der Waals surface area contributed by atoms with Crippen LogP contribution in [0.1, 0.15) is 17.9 Å². The first kappa shape index (κ1) is 13.9. The van der Waals surface area contributed by atoms with E-state index < -0.39 is 0 Å². The molecule has 0 atom stereocenters. The molecule has 0 aliphatic heterocycles. The standard InChI is InChI=1S/C15H18N4OS/c1-19-13-7-6-11(20-2)8-12(13)18-14(19)5-3-4-10-9-21-15(16)17-10/h6-9H,3-5H2,1-2H3,(H2,16,17). The number of aromatic nitrogens is 3. The van der Waals surface area contributed by atoms with E-state index in [4.69, 9.17) is 15.5 Å². The number of nitrogens with zero attached hydrogens (tertiary/aromatic N) is 3. The highest BCUT2D eigenvalue weighted by atomic mass is 32.1. The molecular formula is C15H18N4OS. The van der Waals surface area contributed by atoms with E-state index >= 15 is 0 Å². The number of methoxy groups -OCH3 is 1. The summed E-state index contributed by atoms with van der Waals surface area (Å²) in [4.78, 5) is 8.98. The van der Waals surface area contributed by atoms with Crippen LogP contribution in [0.15, 0.2) is 23.6 Å². The zero-order valence-electron chi connectivity index (χ0n) is 12.2. The SMILES string of the molecule is COc1ccc2c(c1)nc(CCCc1csc(N)n1)n2C. The summed E-state index contributed by atoms with van der Waals surface area (Å²) >= 11 is 1.49. The minimum absolute atomic E-state index is 0.639. The maximum atomic E-state index is 5.64. The van der Waals surface area contributed by atoms with Crippen molar-refractivity contribution in [2.45, 2.75) is 19.3 Å². The van der Waals surface area contributed by atoms with Crippen LogP contribution in [0.3, 0.4) is 0 Å². The summed E-state index contributed by atoms with van der Waals surface area (Å²) in [5.74, 6) is 1.92. The Morgan fingerprint density at radius 2 is 2.14 bits per heavy atom. The van der Waals surface area contributed by atoms with Crippen LogP contribution in [0.5, 0.6) is 5.75 Å². The first-order valence-corrected chi connectivity index (χ1v) is 7.74. The van der Waals surface area contributed by atoms with Gasteiger partial charge in [-0.1, -0.05) is 0 Å². The fraction of sp³-hybridized carbons (Fsp3) is 0.333. The zero-order valence-corrected chi connectivity index (χ0v) is 13.0. The van der Waals surface area contributed by atoms with Gasteiger partial charge < -0.3 is 15.0 Å². The highest BCUT2D eigenvalue weighted by Crippen LogP contribution is 2.22. The molecule has 110 valence electrons. The number of nitrogens with two attached hydrogens (primary N) is 1. The third kappa shape index (κ3) is 2.85. The van der Waals surface area contributed by atoms with E-state index in [2.05, 4.69) is 16.6 Å². The zero-order chi connectivity index (χ0) is 14.8. The van der Waals surface area contributed by atoms with Gasteiger partial charge >= 0.3 is 0 Å². The monoisotopic (exact) mass is 302 g/mol. The quantitative estimate of drug-likeness (QED) is 0.787. The summed E-state index contributed by atoms with van der Waals surface area (Å²) in [5.41, 5.74) is 8.82. The van der Waals surface area contributed by atoms with E-state index in [0.29, 0.717) is 5.13 Å². The molecule has 0 unspecified atom stereocenters. The number of benzene rings is 1. The molecule has 0 bridgehead atoms. The van der Waals surface area contributed by atoms with Crippen LogP contribution >= 0.6 is 11.3 Å². The third-order valence-electron chi connectivity index (χ3n) is 3.58. The highest BCUT2D eigenvalue weighted by Gasteiger charge is 2.09. The smallest absolute Gasteiger partial charge is 0.180 e. The molecule has 3 rings (SSSR count). The molecule has 0 aliphatic rings. The molecule has 0 radical (unpaired) electrons. The van der Waals surface area contributed by atoms with Crippen LogP contribution < -0.4 is 10.5 Å². The fourth-order valence-corrected chi connectivity index (χ4v) is 3.04. The second-order valence-electron chi connectivity index (χ2n) is 4.97. The van der Waals surface area contributed by atoms with Crippen molar-refractivity contribution in [3.63, 3.8) is 0 Å². The van der Waals surface area contributed by atoms with Crippen molar-refractivity contribution < 1.29 is 4.74 Å². The lowest BCUT2D eigenvalue weighted by Crippen LogP contribution is -1.99. The van der Waals surface area contributed by atoms with Gasteiger partial charge in [0.2, 0.25) is 0 Å². The molecule has 1 aromatic carbocycles. The number of imidazole rings is 1. The van der Waals surface area contributed by atoms with E-state index in [1.807, 2.05) is 23.6 Å². The molecule has 0 saturated heterocycles. The number of thiazole rings is 1. The summed E-state index contributed by atoms with van der Waals surface area (Å²) in [6.45, 7) is 0. The Morgan fingerprint density at radius 1 is 1.29 bits per heavy atom. The van der Waals surface area contributed by atoms with E-state index in [1.165, 1.54) is 11.3 Å². The predicted molar refractivity (Wildman–Crippen MR) is 85.8 cm³/mol. The molecule has 3 aromatic rings. The van der Waals surface area contributed by atoms with Gasteiger partial charge in [-0.2, -0.15) is 0 Å². The molecule has 0 saturated carbocycles. The topological polar surface area (TPSA) is 66.0 Å². The van der Waals surface area contributed by atoms with Crippen LogP contribution in [0, 0.1) is 0 Å². The van der Waals surface area contributed by atoms with Gasteiger partial charge in [-0.3, -0.25) is 0 Å². The minimum Gasteiger partial charge on any atom is -0.497 e. The Kier molecular flexibility index (Phi) is 3.79. The number of ether oxygens (including phenoxy) is 1. The lowest BCUT2D eigenvalue weighted by atomic mass is 10.2. The fourth-order valence-electron chi connectivity index (χ4n) is 2.45. The van der Waals surface area contributed by atoms with Crippen molar-refractivity contribution in [2.24, 2.45) is 7.05 Å². The number of hydrogen-bond acceptors (Lipinski definition) is 5. The van der Waals surface area contributed by atoms with Gasteiger partial charge in [-0.05, 0) is 25.0 Å². The number of aryl methyl sites for hydroxylation is 3. The third-order valence-corrected chi connectivity index (χ3v) is 4.31. The molecule has 0 aliphatic carbocycles. The maximum absolute atomic E-state index is 5.64. The van der Waals surface area contributed by atoms with Crippen LogP contribution in [-0.4, -0.2) is 21.6 Å². The van der Waals surface area contributed by atoms with Gasteiger partial charge in [0.1, 0.15) is 11.6 Å². The van der Waals surface area contributed by atoms with E-state index in [9.17, 15) is 0 Å². The van der Waals surface area contributed by atoms with E-state index in [-0.39, 0.29) is 0 Å². The molecule has 0 spiro atoms. The van der Waals surface area contributed by atoms with Gasteiger partial charge in [0.25, 0.3) is 0 Å². The molecule has 2 aromatic heterocycles. The van der Waals surface area contributed by atoms with Crippen molar-refractivity contribution >= 4 is 27.5 Å². The summed E-state index contributed by atoms with van der Waals surface area (Å²) < 4.78 is 7.39. The van der Waals surface area contributed by atoms with Gasteiger partial charge in [-0.25, -0.2) is 9.97 Å². The largest absolute Gasteiger partial charge is 0.497 e. The normalized spacial score (nSPS) is 11.1. The van der Waals surface area contributed by atoms with Crippen molar-refractivity contribution in [2.75, 3.05) is 12.8 Å². The maximum Gasteiger partial charge on any atom is 0.180 e. The Bertz CT molecular complexity index is 762. The van der Waals surface area contributed by atoms with Gasteiger partial charge in [0.05, 0.1) is 23.8 Å². The van der Waals surface area contributed by atoms with E-state index in [1.54, 1.807) is 7.11 Å². The number of anilines is 1. The number of rotatable bonds is 5. The van der Waals surface area contributed by atoms with Crippen LogP contribution in [0.2, 0.25) is 0 Å². The Balaban J connectivity index is 1.73. The molecule has 0 amide bonds. The first-order valence-electron chi connectivity index (χ1n) is 6.86. The highest BCUT2D eigenvalue weighted by molar-refractivity contribution is 7.13. The molecule has 21 heavy (non-hydrogen) atoms. The molecular weight excluding hydrogens is 284 g/mol. The molecule has 6 heteroatoms. The van der Waals surface area contributed by atoms with Crippen molar-refractivity contribution in [3.05, 3.63) is 35.1 Å². The number of fused-ring (bicyclic) bond motifs is 1. The Morgan fingerprint density at radius 3 is 2.86 bits per heavy atom. The Labute approximate surface area is 127 Å². The van der Waals surface area contributed by atoms with Gasteiger partial charge in [0.15, 0.2) is 5.13 Å². The van der Waals surface area contributed by atoms with Crippen LogP contribution in [-0.2, 0) is 19.9 Å². The molecule has 2 heterocycles. The Hall–Kier alpha value is -2.08.